The number of aromatic nitrogens is 3. The number of anilines is 1. The van der Waals surface area contributed by atoms with Gasteiger partial charge in [-0.25, -0.2) is 9.97 Å². The fourth-order valence-corrected chi connectivity index (χ4v) is 4.25. The summed E-state index contributed by atoms with van der Waals surface area (Å²) in [6.45, 7) is 4.07. The van der Waals surface area contributed by atoms with E-state index < -0.39 is 0 Å². The van der Waals surface area contributed by atoms with Crippen molar-refractivity contribution in [1.82, 2.24) is 19.9 Å². The lowest BCUT2D eigenvalue weighted by Crippen LogP contribution is -2.18. The maximum atomic E-state index is 6.28. The van der Waals surface area contributed by atoms with Crippen LogP contribution in [0.4, 0.5) is 5.82 Å². The standard InChI is InChI=1S/C24H24ClN5/c25-21-6-2-1-5-19(21)14-26-23-20-13-22(29-24(20)28-16-27-23)18-9-7-17(8-10-18)15-30-11-3-4-12-30/h1-2,5-10,13,16H,3-4,11-12,14-15H2,(H2,26,27,28,29). The van der Waals surface area contributed by atoms with Gasteiger partial charge >= 0.3 is 0 Å². The largest absolute Gasteiger partial charge is 0.365 e. The highest BCUT2D eigenvalue weighted by molar-refractivity contribution is 6.31. The average molecular weight is 418 g/mol. The van der Waals surface area contributed by atoms with E-state index in [1.165, 1.54) is 31.5 Å². The van der Waals surface area contributed by atoms with Crippen LogP contribution in [-0.2, 0) is 13.1 Å². The third kappa shape index (κ3) is 4.04. The van der Waals surface area contributed by atoms with E-state index in [2.05, 4.69) is 55.5 Å². The molecule has 152 valence electrons. The van der Waals surface area contributed by atoms with Crippen molar-refractivity contribution in [1.29, 1.82) is 0 Å². The molecule has 2 N–H and O–H groups in total. The highest BCUT2D eigenvalue weighted by Crippen LogP contribution is 2.28. The van der Waals surface area contributed by atoms with E-state index in [0.717, 1.165) is 45.2 Å². The van der Waals surface area contributed by atoms with Gasteiger partial charge in [0.1, 0.15) is 17.8 Å². The summed E-state index contributed by atoms with van der Waals surface area (Å²) in [6, 6.07) is 18.8. The minimum absolute atomic E-state index is 0.609. The molecule has 2 aromatic carbocycles. The molecule has 1 saturated heterocycles. The third-order valence-corrected chi connectivity index (χ3v) is 6.07. The Morgan fingerprint density at radius 1 is 1.00 bits per heavy atom. The quantitative estimate of drug-likeness (QED) is 0.435. The lowest BCUT2D eigenvalue weighted by molar-refractivity contribution is 0.331. The molecule has 1 fully saturated rings. The molecular weight excluding hydrogens is 394 g/mol. The molecule has 0 unspecified atom stereocenters. The van der Waals surface area contributed by atoms with Gasteiger partial charge in [0.25, 0.3) is 0 Å². The number of hydrogen-bond acceptors (Lipinski definition) is 4. The van der Waals surface area contributed by atoms with Crippen molar-refractivity contribution in [3.63, 3.8) is 0 Å². The van der Waals surface area contributed by atoms with Gasteiger partial charge < -0.3 is 10.3 Å². The number of halogens is 1. The van der Waals surface area contributed by atoms with E-state index in [1.54, 1.807) is 6.33 Å². The topological polar surface area (TPSA) is 56.8 Å². The highest BCUT2D eigenvalue weighted by Gasteiger charge is 2.13. The number of aromatic amines is 1. The molecule has 0 bridgehead atoms. The smallest absolute Gasteiger partial charge is 0.143 e. The van der Waals surface area contributed by atoms with Crippen LogP contribution in [0, 0.1) is 0 Å². The van der Waals surface area contributed by atoms with Crippen molar-refractivity contribution in [3.8, 4) is 11.3 Å². The lowest BCUT2D eigenvalue weighted by atomic mass is 10.1. The van der Waals surface area contributed by atoms with Gasteiger partial charge in [-0.05, 0) is 54.8 Å². The first-order valence-electron chi connectivity index (χ1n) is 10.4. The molecule has 3 heterocycles. The van der Waals surface area contributed by atoms with Gasteiger partial charge in [-0.2, -0.15) is 0 Å². The second-order valence-electron chi connectivity index (χ2n) is 7.79. The molecule has 0 spiro atoms. The number of H-pyrrole nitrogens is 1. The lowest BCUT2D eigenvalue weighted by Gasteiger charge is -2.14. The molecule has 4 aromatic rings. The van der Waals surface area contributed by atoms with E-state index >= 15 is 0 Å². The van der Waals surface area contributed by atoms with Crippen molar-refractivity contribution < 1.29 is 0 Å². The van der Waals surface area contributed by atoms with Gasteiger partial charge in [-0.1, -0.05) is 54.1 Å². The fraction of sp³-hybridized carbons (Fsp3) is 0.250. The number of benzene rings is 2. The fourth-order valence-electron chi connectivity index (χ4n) is 4.05. The Hall–Kier alpha value is -2.89. The third-order valence-electron chi connectivity index (χ3n) is 5.70. The van der Waals surface area contributed by atoms with Crippen LogP contribution >= 0.6 is 11.6 Å². The van der Waals surface area contributed by atoms with Crippen LogP contribution in [0.5, 0.6) is 0 Å². The summed E-state index contributed by atoms with van der Waals surface area (Å²) in [4.78, 5) is 14.8. The van der Waals surface area contributed by atoms with Crippen molar-refractivity contribution in [2.24, 2.45) is 0 Å². The first-order valence-corrected chi connectivity index (χ1v) is 10.8. The molecule has 2 aromatic heterocycles. The Labute approximate surface area is 181 Å². The maximum Gasteiger partial charge on any atom is 0.143 e. The Morgan fingerprint density at radius 2 is 1.80 bits per heavy atom. The zero-order valence-corrected chi connectivity index (χ0v) is 17.5. The van der Waals surface area contributed by atoms with Crippen LogP contribution < -0.4 is 5.32 Å². The Bertz CT molecular complexity index is 1150. The molecule has 0 atom stereocenters. The predicted molar refractivity (Wildman–Crippen MR) is 123 cm³/mol. The number of likely N-dealkylation sites (tertiary alicyclic amines) is 1. The van der Waals surface area contributed by atoms with Crippen LogP contribution in [0.1, 0.15) is 24.0 Å². The molecule has 6 heteroatoms. The van der Waals surface area contributed by atoms with Crippen LogP contribution in [0.15, 0.2) is 60.9 Å². The summed E-state index contributed by atoms with van der Waals surface area (Å²) in [5.74, 6) is 0.799. The van der Waals surface area contributed by atoms with E-state index in [0.29, 0.717) is 6.54 Å². The van der Waals surface area contributed by atoms with E-state index in [9.17, 15) is 0 Å². The second-order valence-corrected chi connectivity index (χ2v) is 8.20. The van der Waals surface area contributed by atoms with Gasteiger partial charge in [0.05, 0.1) is 5.39 Å². The number of fused-ring (bicyclic) bond motifs is 1. The van der Waals surface area contributed by atoms with Gasteiger partial charge in [0.15, 0.2) is 0 Å². The number of nitrogens with zero attached hydrogens (tertiary/aromatic N) is 3. The molecule has 1 aliphatic heterocycles. The average Bonchev–Trinajstić information content (AvgIpc) is 3.44. The highest BCUT2D eigenvalue weighted by atomic mass is 35.5. The molecule has 30 heavy (non-hydrogen) atoms. The molecule has 0 amide bonds. The summed E-state index contributed by atoms with van der Waals surface area (Å²) >= 11 is 6.28. The zero-order chi connectivity index (χ0) is 20.3. The predicted octanol–water partition coefficient (Wildman–Crippen LogP) is 5.49. The minimum atomic E-state index is 0.609. The Morgan fingerprint density at radius 3 is 2.60 bits per heavy atom. The minimum Gasteiger partial charge on any atom is -0.365 e. The van der Waals surface area contributed by atoms with Crippen molar-refractivity contribution >= 4 is 28.5 Å². The first-order chi connectivity index (χ1) is 14.8. The maximum absolute atomic E-state index is 6.28. The molecule has 0 aliphatic carbocycles. The van der Waals surface area contributed by atoms with Crippen LogP contribution in [0.25, 0.3) is 22.3 Å². The summed E-state index contributed by atoms with van der Waals surface area (Å²) in [6.07, 6.45) is 4.22. The zero-order valence-electron chi connectivity index (χ0n) is 16.7. The van der Waals surface area contributed by atoms with Gasteiger partial charge in [0.2, 0.25) is 0 Å². The normalized spacial score (nSPS) is 14.4. The van der Waals surface area contributed by atoms with Crippen LogP contribution in [-0.4, -0.2) is 32.9 Å². The molecule has 0 saturated carbocycles. The van der Waals surface area contributed by atoms with E-state index in [-0.39, 0.29) is 0 Å². The van der Waals surface area contributed by atoms with Gasteiger partial charge in [-0.15, -0.1) is 0 Å². The number of rotatable bonds is 6. The first kappa shape index (κ1) is 19.1. The molecule has 1 aliphatic rings. The summed E-state index contributed by atoms with van der Waals surface area (Å²) in [5.41, 5.74) is 5.41. The van der Waals surface area contributed by atoms with Crippen molar-refractivity contribution in [2.45, 2.75) is 25.9 Å². The summed E-state index contributed by atoms with van der Waals surface area (Å²) in [7, 11) is 0. The molecule has 0 radical (unpaired) electrons. The monoisotopic (exact) mass is 417 g/mol. The van der Waals surface area contributed by atoms with Crippen molar-refractivity contribution in [2.75, 3.05) is 18.4 Å². The Balaban J connectivity index is 1.35. The van der Waals surface area contributed by atoms with E-state index in [1.807, 2.05) is 24.3 Å². The van der Waals surface area contributed by atoms with Crippen molar-refractivity contribution in [3.05, 3.63) is 77.1 Å². The SMILES string of the molecule is Clc1ccccc1CNc1ncnc2[nH]c(-c3ccc(CN4CCCC4)cc3)cc12. The molecular formula is C24H24ClN5. The van der Waals surface area contributed by atoms with Gasteiger partial charge in [-0.3, -0.25) is 4.90 Å². The van der Waals surface area contributed by atoms with Gasteiger partial charge in [0, 0.05) is 23.8 Å². The number of nitrogens with one attached hydrogen (secondary N) is 2. The summed E-state index contributed by atoms with van der Waals surface area (Å²) < 4.78 is 0. The number of hydrogen-bond donors (Lipinski definition) is 2. The summed E-state index contributed by atoms with van der Waals surface area (Å²) in [5, 5.41) is 5.12. The molecule has 5 rings (SSSR count). The Kier molecular flexibility index (Phi) is 5.39. The van der Waals surface area contributed by atoms with Crippen LogP contribution in [0.2, 0.25) is 5.02 Å². The second kappa shape index (κ2) is 8.46. The van der Waals surface area contributed by atoms with E-state index in [4.69, 9.17) is 11.6 Å². The van der Waals surface area contributed by atoms with Crippen LogP contribution in [0.3, 0.4) is 0 Å². The molecule has 5 nitrogen and oxygen atoms in total.